The summed E-state index contributed by atoms with van der Waals surface area (Å²) in [5.74, 6) is -0.245. The Kier molecular flexibility index (Phi) is 4.58. The van der Waals surface area contributed by atoms with Gasteiger partial charge in [-0.2, -0.15) is 0 Å². The molecule has 1 unspecified atom stereocenters. The van der Waals surface area contributed by atoms with E-state index >= 15 is 0 Å². The van der Waals surface area contributed by atoms with Crippen molar-refractivity contribution in [3.8, 4) is 0 Å². The molecule has 1 fully saturated rings. The van der Waals surface area contributed by atoms with Gasteiger partial charge in [-0.25, -0.2) is 4.39 Å². The molecule has 2 N–H and O–H groups in total. The van der Waals surface area contributed by atoms with Crippen LogP contribution in [0.25, 0.3) is 0 Å². The van der Waals surface area contributed by atoms with Crippen molar-refractivity contribution in [3.63, 3.8) is 0 Å². The van der Waals surface area contributed by atoms with Crippen LogP contribution in [-0.4, -0.2) is 27.4 Å². The number of hydrogen-bond donors (Lipinski definition) is 2. The van der Waals surface area contributed by atoms with Crippen LogP contribution >= 0.6 is 23.1 Å². The van der Waals surface area contributed by atoms with Crippen molar-refractivity contribution in [2.75, 3.05) is 5.32 Å². The molecule has 1 atom stereocenters. The summed E-state index contributed by atoms with van der Waals surface area (Å²) in [6.07, 6.45) is 2.15. The van der Waals surface area contributed by atoms with Gasteiger partial charge >= 0.3 is 0 Å². The SMILES string of the molecule is CC(Sc1nnc(Nc2ccc(F)cc2)s1)C(=O)NC1CC1. The third-order valence-corrected chi connectivity index (χ3v) is 5.10. The summed E-state index contributed by atoms with van der Waals surface area (Å²) in [6, 6.07) is 6.39. The van der Waals surface area contributed by atoms with Gasteiger partial charge in [0, 0.05) is 11.7 Å². The van der Waals surface area contributed by atoms with Gasteiger partial charge in [0.1, 0.15) is 5.82 Å². The topological polar surface area (TPSA) is 66.9 Å². The van der Waals surface area contributed by atoms with Gasteiger partial charge in [-0.1, -0.05) is 23.1 Å². The largest absolute Gasteiger partial charge is 0.352 e. The first-order valence-electron chi connectivity index (χ1n) is 6.93. The zero-order chi connectivity index (χ0) is 15.5. The fraction of sp³-hybridized carbons (Fsp3) is 0.357. The molecule has 0 saturated heterocycles. The molecule has 1 aliphatic rings. The number of rotatable bonds is 6. The molecule has 0 spiro atoms. The molecule has 1 aromatic carbocycles. The molecular formula is C14H15FN4OS2. The maximum atomic E-state index is 12.8. The molecule has 0 radical (unpaired) electrons. The van der Waals surface area contributed by atoms with Gasteiger partial charge < -0.3 is 10.6 Å². The summed E-state index contributed by atoms with van der Waals surface area (Å²) in [6.45, 7) is 1.86. The molecule has 5 nitrogen and oxygen atoms in total. The lowest BCUT2D eigenvalue weighted by molar-refractivity contribution is -0.120. The predicted octanol–water partition coefficient (Wildman–Crippen LogP) is 3.18. The lowest BCUT2D eigenvalue weighted by Crippen LogP contribution is -2.32. The van der Waals surface area contributed by atoms with Crippen molar-refractivity contribution in [3.05, 3.63) is 30.1 Å². The number of carbonyl (C=O) groups excluding carboxylic acids is 1. The van der Waals surface area contributed by atoms with Crippen LogP contribution in [-0.2, 0) is 4.79 Å². The Balaban J connectivity index is 1.56. The van der Waals surface area contributed by atoms with E-state index in [0.717, 1.165) is 22.9 Å². The molecular weight excluding hydrogens is 323 g/mol. The van der Waals surface area contributed by atoms with Crippen LogP contribution in [0.2, 0.25) is 0 Å². The first-order valence-corrected chi connectivity index (χ1v) is 8.63. The Bertz CT molecular complexity index is 657. The minimum Gasteiger partial charge on any atom is -0.352 e. The zero-order valence-corrected chi connectivity index (χ0v) is 13.5. The second kappa shape index (κ2) is 6.62. The van der Waals surface area contributed by atoms with E-state index in [9.17, 15) is 9.18 Å². The number of anilines is 2. The average Bonchev–Trinajstić information content (AvgIpc) is 3.20. The summed E-state index contributed by atoms with van der Waals surface area (Å²) in [5.41, 5.74) is 0.744. The summed E-state index contributed by atoms with van der Waals surface area (Å²) in [7, 11) is 0. The number of hydrogen-bond acceptors (Lipinski definition) is 6. The maximum Gasteiger partial charge on any atom is 0.233 e. The summed E-state index contributed by atoms with van der Waals surface area (Å²) in [4.78, 5) is 11.9. The highest BCUT2D eigenvalue weighted by Gasteiger charge is 2.26. The van der Waals surface area contributed by atoms with E-state index < -0.39 is 0 Å². The molecule has 8 heteroatoms. The van der Waals surface area contributed by atoms with Crippen molar-refractivity contribution in [1.29, 1.82) is 0 Å². The van der Waals surface area contributed by atoms with Crippen LogP contribution in [0.4, 0.5) is 15.2 Å². The van der Waals surface area contributed by atoms with Crippen LogP contribution in [0.15, 0.2) is 28.6 Å². The zero-order valence-electron chi connectivity index (χ0n) is 11.9. The number of nitrogens with one attached hydrogen (secondary N) is 2. The Hall–Kier alpha value is -1.67. The van der Waals surface area contributed by atoms with Crippen LogP contribution in [0.5, 0.6) is 0 Å². The van der Waals surface area contributed by atoms with E-state index in [0.29, 0.717) is 11.2 Å². The number of halogens is 1. The van der Waals surface area contributed by atoms with Crippen molar-refractivity contribution in [1.82, 2.24) is 15.5 Å². The molecule has 22 heavy (non-hydrogen) atoms. The predicted molar refractivity (Wildman–Crippen MR) is 86.1 cm³/mol. The lowest BCUT2D eigenvalue weighted by Gasteiger charge is -2.08. The maximum absolute atomic E-state index is 12.8. The molecule has 3 rings (SSSR count). The number of aromatic nitrogens is 2. The van der Waals surface area contributed by atoms with E-state index in [1.54, 1.807) is 12.1 Å². The molecule has 2 aromatic rings. The van der Waals surface area contributed by atoms with E-state index in [1.807, 2.05) is 6.92 Å². The smallest absolute Gasteiger partial charge is 0.233 e. The highest BCUT2D eigenvalue weighted by atomic mass is 32.2. The van der Waals surface area contributed by atoms with E-state index in [1.165, 1.54) is 35.2 Å². The number of amides is 1. The Morgan fingerprint density at radius 2 is 2.09 bits per heavy atom. The third kappa shape index (κ3) is 4.17. The molecule has 116 valence electrons. The summed E-state index contributed by atoms with van der Waals surface area (Å²) in [5, 5.41) is 14.5. The van der Waals surface area contributed by atoms with Crippen LogP contribution in [0.3, 0.4) is 0 Å². The number of benzene rings is 1. The number of carbonyl (C=O) groups is 1. The number of thioether (sulfide) groups is 1. The van der Waals surface area contributed by atoms with Gasteiger partial charge in [0.2, 0.25) is 11.0 Å². The molecule has 0 bridgehead atoms. The van der Waals surface area contributed by atoms with E-state index in [-0.39, 0.29) is 17.0 Å². The Morgan fingerprint density at radius 3 is 2.77 bits per heavy atom. The van der Waals surface area contributed by atoms with E-state index in [4.69, 9.17) is 0 Å². The quantitative estimate of drug-likeness (QED) is 0.792. The monoisotopic (exact) mass is 338 g/mol. The minimum absolute atomic E-state index is 0.0377. The fourth-order valence-electron chi connectivity index (χ4n) is 1.72. The van der Waals surface area contributed by atoms with Gasteiger partial charge in [-0.05, 0) is 44.0 Å². The van der Waals surface area contributed by atoms with Gasteiger partial charge in [-0.15, -0.1) is 10.2 Å². The molecule has 1 aliphatic carbocycles. The van der Waals surface area contributed by atoms with Gasteiger partial charge in [0.15, 0.2) is 4.34 Å². The fourth-order valence-corrected chi connectivity index (χ4v) is 3.64. The lowest BCUT2D eigenvalue weighted by atomic mass is 10.3. The normalized spacial score (nSPS) is 15.4. The van der Waals surface area contributed by atoms with Gasteiger partial charge in [0.25, 0.3) is 0 Å². The number of nitrogens with zero attached hydrogens (tertiary/aromatic N) is 2. The highest BCUT2D eigenvalue weighted by Crippen LogP contribution is 2.31. The molecule has 1 saturated carbocycles. The standard InChI is InChI=1S/C14H15FN4OS2/c1-8(12(20)16-10-6-7-10)21-14-19-18-13(22-14)17-11-4-2-9(15)3-5-11/h2-5,8,10H,6-7H2,1H3,(H,16,20)(H,17,18). The highest BCUT2D eigenvalue weighted by molar-refractivity contribution is 8.02. The first-order chi connectivity index (χ1) is 10.6. The van der Waals surface area contributed by atoms with Crippen molar-refractivity contribution >= 4 is 39.8 Å². The van der Waals surface area contributed by atoms with Gasteiger partial charge in [-0.3, -0.25) is 4.79 Å². The first kappa shape index (κ1) is 15.2. The average molecular weight is 338 g/mol. The molecule has 0 aliphatic heterocycles. The Labute approximate surface area is 135 Å². The summed E-state index contributed by atoms with van der Waals surface area (Å²) >= 11 is 2.76. The molecule has 1 aromatic heterocycles. The van der Waals surface area contributed by atoms with E-state index in [2.05, 4.69) is 20.8 Å². The van der Waals surface area contributed by atoms with Gasteiger partial charge in [0.05, 0.1) is 5.25 Å². The van der Waals surface area contributed by atoms with Crippen molar-refractivity contribution in [2.24, 2.45) is 0 Å². The van der Waals surface area contributed by atoms with Crippen molar-refractivity contribution < 1.29 is 9.18 Å². The van der Waals surface area contributed by atoms with Crippen LogP contribution in [0, 0.1) is 5.82 Å². The third-order valence-electron chi connectivity index (χ3n) is 3.07. The van der Waals surface area contributed by atoms with Crippen LogP contribution < -0.4 is 10.6 Å². The molecule has 1 heterocycles. The molecule has 1 amide bonds. The van der Waals surface area contributed by atoms with Crippen LogP contribution in [0.1, 0.15) is 19.8 Å². The minimum atomic E-state index is -0.283. The second-order valence-electron chi connectivity index (χ2n) is 5.05. The Morgan fingerprint density at radius 1 is 1.36 bits per heavy atom. The van der Waals surface area contributed by atoms with Crippen molar-refractivity contribution in [2.45, 2.75) is 35.4 Å². The summed E-state index contributed by atoms with van der Waals surface area (Å²) < 4.78 is 13.6. The second-order valence-corrected chi connectivity index (χ2v) is 7.61.